The van der Waals surface area contributed by atoms with E-state index in [2.05, 4.69) is 0 Å². The molecule has 1 amide bonds. The summed E-state index contributed by atoms with van der Waals surface area (Å²) in [5.41, 5.74) is 2.57. The summed E-state index contributed by atoms with van der Waals surface area (Å²) in [5.74, 6) is -0.746. The molecule has 0 aliphatic carbocycles. The highest BCUT2D eigenvalue weighted by Gasteiger charge is 2.47. The van der Waals surface area contributed by atoms with E-state index in [1.165, 1.54) is 19.1 Å². The van der Waals surface area contributed by atoms with Gasteiger partial charge in [-0.25, -0.2) is 0 Å². The number of methoxy groups -OCH3 is 2. The summed E-state index contributed by atoms with van der Waals surface area (Å²) in [5, 5.41) is 13.4. The Kier molecular flexibility index (Phi) is 6.51. The first-order chi connectivity index (χ1) is 18.3. The summed E-state index contributed by atoms with van der Waals surface area (Å²) >= 11 is 0. The molecule has 0 aromatic heterocycles. The minimum Gasteiger partial charge on any atom is -0.507 e. The highest BCUT2D eigenvalue weighted by atomic mass is 16.5. The summed E-state index contributed by atoms with van der Waals surface area (Å²) in [6.07, 6.45) is 0. The summed E-state index contributed by atoms with van der Waals surface area (Å²) < 4.78 is 10.9. The van der Waals surface area contributed by atoms with Crippen LogP contribution >= 0.6 is 0 Å². The molecule has 7 nitrogen and oxygen atoms in total. The molecule has 1 aliphatic rings. The van der Waals surface area contributed by atoms with Crippen molar-refractivity contribution < 1.29 is 24.2 Å². The molecule has 0 spiro atoms. The van der Waals surface area contributed by atoms with Crippen LogP contribution in [0.3, 0.4) is 0 Å². The van der Waals surface area contributed by atoms with E-state index in [0.29, 0.717) is 28.3 Å². The van der Waals surface area contributed by atoms with Gasteiger partial charge in [0.1, 0.15) is 5.76 Å². The minimum absolute atomic E-state index is 0.00950. The molecular formula is C31H28N2O5. The number of nitrogens with zero attached hydrogens (tertiary/aromatic N) is 2. The van der Waals surface area contributed by atoms with E-state index in [9.17, 15) is 14.7 Å². The zero-order valence-corrected chi connectivity index (χ0v) is 21.6. The van der Waals surface area contributed by atoms with Crippen molar-refractivity contribution in [3.05, 3.63) is 102 Å². The van der Waals surface area contributed by atoms with Crippen LogP contribution in [0, 0.1) is 0 Å². The van der Waals surface area contributed by atoms with E-state index < -0.39 is 17.7 Å². The van der Waals surface area contributed by atoms with Crippen molar-refractivity contribution in [2.24, 2.45) is 0 Å². The number of rotatable bonds is 6. The third-order valence-electron chi connectivity index (χ3n) is 6.86. The number of anilines is 2. The van der Waals surface area contributed by atoms with Gasteiger partial charge in [0.25, 0.3) is 11.7 Å². The second-order valence-electron chi connectivity index (χ2n) is 9.22. The van der Waals surface area contributed by atoms with Crippen molar-refractivity contribution in [1.82, 2.24) is 0 Å². The molecule has 1 N–H and O–H groups in total. The van der Waals surface area contributed by atoms with E-state index >= 15 is 0 Å². The lowest BCUT2D eigenvalue weighted by Crippen LogP contribution is -2.29. The van der Waals surface area contributed by atoms with E-state index in [1.54, 1.807) is 36.4 Å². The Balaban J connectivity index is 1.76. The van der Waals surface area contributed by atoms with Crippen molar-refractivity contribution in [2.75, 3.05) is 38.1 Å². The van der Waals surface area contributed by atoms with Gasteiger partial charge in [0.15, 0.2) is 11.5 Å². The van der Waals surface area contributed by atoms with Crippen LogP contribution in [0.2, 0.25) is 0 Å². The van der Waals surface area contributed by atoms with Gasteiger partial charge in [0.2, 0.25) is 0 Å². The number of carbonyl (C=O) groups excluding carboxylic acids is 2. The number of ketones is 1. The monoisotopic (exact) mass is 508 g/mol. The van der Waals surface area contributed by atoms with E-state index in [1.807, 2.05) is 67.5 Å². The van der Waals surface area contributed by atoms with Gasteiger partial charge in [-0.3, -0.25) is 14.5 Å². The molecule has 4 aromatic rings. The van der Waals surface area contributed by atoms with Crippen LogP contribution in [0.1, 0.15) is 17.2 Å². The average Bonchev–Trinajstić information content (AvgIpc) is 3.21. The van der Waals surface area contributed by atoms with E-state index in [4.69, 9.17) is 9.47 Å². The Morgan fingerprint density at radius 3 is 2.21 bits per heavy atom. The first kappa shape index (κ1) is 24.9. The van der Waals surface area contributed by atoms with Gasteiger partial charge in [-0.15, -0.1) is 0 Å². The molecule has 1 unspecified atom stereocenters. The first-order valence-electron chi connectivity index (χ1n) is 12.1. The summed E-state index contributed by atoms with van der Waals surface area (Å²) in [4.78, 5) is 30.5. The summed E-state index contributed by atoms with van der Waals surface area (Å²) in [7, 11) is 6.91. The summed E-state index contributed by atoms with van der Waals surface area (Å²) in [6, 6.07) is 24.8. The number of carbonyl (C=O) groups is 2. The fraction of sp³-hybridized carbons (Fsp3) is 0.161. The van der Waals surface area contributed by atoms with Crippen molar-refractivity contribution in [3.8, 4) is 11.5 Å². The lowest BCUT2D eigenvalue weighted by atomic mass is 9.93. The molecule has 1 saturated heterocycles. The van der Waals surface area contributed by atoms with Crippen LogP contribution in [0.4, 0.5) is 11.4 Å². The van der Waals surface area contributed by atoms with Crippen molar-refractivity contribution >= 4 is 39.6 Å². The number of amides is 1. The van der Waals surface area contributed by atoms with Gasteiger partial charge in [-0.05, 0) is 52.7 Å². The van der Waals surface area contributed by atoms with Crippen LogP contribution in [-0.4, -0.2) is 45.1 Å². The molecule has 4 aromatic carbocycles. The second-order valence-corrected chi connectivity index (χ2v) is 9.22. The van der Waals surface area contributed by atoms with E-state index in [0.717, 1.165) is 16.5 Å². The molecule has 1 heterocycles. The molecule has 0 radical (unpaired) electrons. The van der Waals surface area contributed by atoms with Gasteiger partial charge in [0, 0.05) is 31.0 Å². The SMILES string of the molecule is COc1ccc(C2/C(=C(\O)c3cccc4ccccc34)C(=O)C(=O)N2c2ccc(N(C)C)cc2)cc1OC. The summed E-state index contributed by atoms with van der Waals surface area (Å²) in [6.45, 7) is 0. The standard InChI is InChI=1S/C31H28N2O5/c1-32(2)21-13-15-22(16-14-21)33-28(20-12-17-25(37-3)26(18-20)38-4)27(30(35)31(33)36)29(34)24-11-7-9-19-8-5-6-10-23(19)24/h5-18,28,34H,1-4H3/b29-27+. The number of hydrogen-bond acceptors (Lipinski definition) is 6. The molecule has 7 heteroatoms. The van der Waals surface area contributed by atoms with Crippen molar-refractivity contribution in [3.63, 3.8) is 0 Å². The molecule has 1 atom stereocenters. The van der Waals surface area contributed by atoms with Crippen LogP contribution in [0.5, 0.6) is 11.5 Å². The largest absolute Gasteiger partial charge is 0.507 e. The topological polar surface area (TPSA) is 79.3 Å². The number of benzene rings is 4. The Morgan fingerprint density at radius 1 is 0.842 bits per heavy atom. The lowest BCUT2D eigenvalue weighted by molar-refractivity contribution is -0.132. The molecule has 0 bridgehead atoms. The van der Waals surface area contributed by atoms with Gasteiger partial charge >= 0.3 is 0 Å². The number of fused-ring (bicyclic) bond motifs is 1. The molecule has 0 saturated carbocycles. The van der Waals surface area contributed by atoms with Gasteiger partial charge < -0.3 is 19.5 Å². The predicted octanol–water partition coefficient (Wildman–Crippen LogP) is 5.55. The third-order valence-corrected chi connectivity index (χ3v) is 6.86. The fourth-order valence-corrected chi connectivity index (χ4v) is 4.93. The quantitative estimate of drug-likeness (QED) is 0.209. The van der Waals surface area contributed by atoms with Crippen LogP contribution in [0.25, 0.3) is 16.5 Å². The molecule has 38 heavy (non-hydrogen) atoms. The molecule has 5 rings (SSSR count). The normalized spacial score (nSPS) is 16.6. The minimum atomic E-state index is -0.890. The van der Waals surface area contributed by atoms with Crippen LogP contribution in [-0.2, 0) is 9.59 Å². The van der Waals surface area contributed by atoms with E-state index in [-0.39, 0.29) is 11.3 Å². The first-order valence-corrected chi connectivity index (χ1v) is 12.1. The Morgan fingerprint density at radius 2 is 1.53 bits per heavy atom. The average molecular weight is 509 g/mol. The van der Waals surface area contributed by atoms with Crippen molar-refractivity contribution in [1.29, 1.82) is 0 Å². The molecular weight excluding hydrogens is 480 g/mol. The maximum absolute atomic E-state index is 13.6. The second kappa shape index (κ2) is 9.94. The molecule has 1 fully saturated rings. The van der Waals surface area contributed by atoms with Gasteiger partial charge in [0.05, 0.1) is 25.8 Å². The Bertz CT molecular complexity index is 1570. The number of aliphatic hydroxyl groups excluding tert-OH is 1. The number of aliphatic hydroxyl groups is 1. The predicted molar refractivity (Wildman–Crippen MR) is 149 cm³/mol. The third kappa shape index (κ3) is 4.12. The number of Topliss-reactive ketones (excluding diaryl/α,β-unsaturated/α-hetero) is 1. The fourth-order valence-electron chi connectivity index (χ4n) is 4.93. The van der Waals surface area contributed by atoms with Crippen LogP contribution in [0.15, 0.2) is 90.5 Å². The Hall–Kier alpha value is -4.78. The highest BCUT2D eigenvalue weighted by molar-refractivity contribution is 6.51. The van der Waals surface area contributed by atoms with Gasteiger partial charge in [-0.2, -0.15) is 0 Å². The maximum atomic E-state index is 13.6. The van der Waals surface area contributed by atoms with Crippen molar-refractivity contribution in [2.45, 2.75) is 6.04 Å². The zero-order valence-electron chi connectivity index (χ0n) is 21.6. The highest BCUT2D eigenvalue weighted by Crippen LogP contribution is 2.45. The van der Waals surface area contributed by atoms with Gasteiger partial charge in [-0.1, -0.05) is 48.5 Å². The van der Waals surface area contributed by atoms with Crippen LogP contribution < -0.4 is 19.3 Å². The smallest absolute Gasteiger partial charge is 0.300 e. The number of hydrogen-bond donors (Lipinski definition) is 1. The molecule has 1 aliphatic heterocycles. The molecule has 192 valence electrons. The number of ether oxygens (including phenoxy) is 2. The lowest BCUT2D eigenvalue weighted by Gasteiger charge is -2.26. The Labute approximate surface area is 221 Å². The maximum Gasteiger partial charge on any atom is 0.300 e. The zero-order chi connectivity index (χ0) is 27.0.